The summed E-state index contributed by atoms with van der Waals surface area (Å²) in [6.45, 7) is 6.55. The molecule has 94 valence electrons. The van der Waals surface area contributed by atoms with Crippen LogP contribution in [0.15, 0.2) is 23.0 Å². The summed E-state index contributed by atoms with van der Waals surface area (Å²) in [4.78, 5) is 14.2. The molecule has 0 aliphatic carbocycles. The standard InChI is InChI=1S/C13H20N2O2/c1-10(2)15-6-3-12(4-7-15)14-13(16)11-5-8-17-9-11/h5,8-10,12H,3-4,6-7H2,1-2H3,(H,14,16). The van der Waals surface area contributed by atoms with Gasteiger partial charge in [-0.3, -0.25) is 4.79 Å². The van der Waals surface area contributed by atoms with E-state index in [0.717, 1.165) is 25.9 Å². The van der Waals surface area contributed by atoms with Crippen LogP contribution in [-0.2, 0) is 0 Å². The smallest absolute Gasteiger partial charge is 0.254 e. The lowest BCUT2D eigenvalue weighted by Crippen LogP contribution is -2.46. The normalized spacial score (nSPS) is 18.5. The van der Waals surface area contributed by atoms with Crippen LogP contribution in [0.3, 0.4) is 0 Å². The second-order valence-electron chi connectivity index (χ2n) is 4.89. The first kappa shape index (κ1) is 12.2. The zero-order valence-corrected chi connectivity index (χ0v) is 10.5. The number of nitrogens with one attached hydrogen (secondary N) is 1. The molecule has 0 bridgehead atoms. The number of furan rings is 1. The van der Waals surface area contributed by atoms with E-state index in [9.17, 15) is 4.79 Å². The number of amides is 1. The minimum Gasteiger partial charge on any atom is -0.472 e. The Morgan fingerprint density at radius 2 is 2.18 bits per heavy atom. The van der Waals surface area contributed by atoms with Crippen LogP contribution >= 0.6 is 0 Å². The highest BCUT2D eigenvalue weighted by atomic mass is 16.3. The van der Waals surface area contributed by atoms with Gasteiger partial charge in [-0.1, -0.05) is 0 Å². The van der Waals surface area contributed by atoms with Crippen LogP contribution in [0.25, 0.3) is 0 Å². The SMILES string of the molecule is CC(C)N1CCC(NC(=O)c2ccoc2)CC1. The molecule has 0 spiro atoms. The zero-order valence-electron chi connectivity index (χ0n) is 10.5. The van der Waals surface area contributed by atoms with E-state index in [2.05, 4.69) is 24.1 Å². The lowest BCUT2D eigenvalue weighted by molar-refractivity contribution is 0.0900. The third-order valence-corrected chi connectivity index (χ3v) is 3.38. The highest BCUT2D eigenvalue weighted by Gasteiger charge is 2.22. The van der Waals surface area contributed by atoms with Crippen molar-refractivity contribution in [2.24, 2.45) is 0 Å². The van der Waals surface area contributed by atoms with E-state index in [4.69, 9.17) is 4.42 Å². The lowest BCUT2D eigenvalue weighted by atomic mass is 10.0. The van der Waals surface area contributed by atoms with Gasteiger partial charge in [0.1, 0.15) is 6.26 Å². The molecular formula is C13H20N2O2. The molecular weight excluding hydrogens is 216 g/mol. The van der Waals surface area contributed by atoms with Crippen molar-refractivity contribution in [2.75, 3.05) is 13.1 Å². The van der Waals surface area contributed by atoms with Crippen molar-refractivity contribution in [1.29, 1.82) is 0 Å². The molecule has 2 heterocycles. The van der Waals surface area contributed by atoms with Gasteiger partial charge >= 0.3 is 0 Å². The molecule has 1 amide bonds. The summed E-state index contributed by atoms with van der Waals surface area (Å²) < 4.78 is 4.90. The van der Waals surface area contributed by atoms with Crippen molar-refractivity contribution < 1.29 is 9.21 Å². The number of rotatable bonds is 3. The van der Waals surface area contributed by atoms with Crippen LogP contribution in [0.5, 0.6) is 0 Å². The summed E-state index contributed by atoms with van der Waals surface area (Å²) in [6.07, 6.45) is 5.07. The van der Waals surface area contributed by atoms with E-state index in [0.29, 0.717) is 17.6 Å². The van der Waals surface area contributed by atoms with Gasteiger partial charge < -0.3 is 14.6 Å². The molecule has 1 aromatic heterocycles. The van der Waals surface area contributed by atoms with Crippen molar-refractivity contribution in [3.05, 3.63) is 24.2 Å². The third-order valence-electron chi connectivity index (χ3n) is 3.38. The second kappa shape index (κ2) is 5.36. The molecule has 1 N–H and O–H groups in total. The number of carbonyl (C=O) groups is 1. The molecule has 1 aromatic rings. The van der Waals surface area contributed by atoms with E-state index in [1.54, 1.807) is 6.07 Å². The Hall–Kier alpha value is -1.29. The Morgan fingerprint density at radius 1 is 1.47 bits per heavy atom. The van der Waals surface area contributed by atoms with Gasteiger partial charge in [0.05, 0.1) is 11.8 Å². The zero-order chi connectivity index (χ0) is 12.3. The number of likely N-dealkylation sites (tertiary alicyclic amines) is 1. The fraction of sp³-hybridized carbons (Fsp3) is 0.615. The molecule has 0 atom stereocenters. The van der Waals surface area contributed by atoms with Gasteiger partial charge in [-0.2, -0.15) is 0 Å². The predicted octanol–water partition coefficient (Wildman–Crippen LogP) is 1.88. The summed E-state index contributed by atoms with van der Waals surface area (Å²) >= 11 is 0. The maximum absolute atomic E-state index is 11.8. The number of hydrogen-bond donors (Lipinski definition) is 1. The highest BCUT2D eigenvalue weighted by Crippen LogP contribution is 2.13. The average molecular weight is 236 g/mol. The molecule has 1 saturated heterocycles. The molecule has 4 nitrogen and oxygen atoms in total. The maximum atomic E-state index is 11.8. The van der Waals surface area contributed by atoms with Gasteiger partial charge in [0.15, 0.2) is 0 Å². The molecule has 17 heavy (non-hydrogen) atoms. The number of piperidine rings is 1. The van der Waals surface area contributed by atoms with E-state index < -0.39 is 0 Å². The van der Waals surface area contributed by atoms with Crippen molar-refractivity contribution in [2.45, 2.75) is 38.8 Å². The van der Waals surface area contributed by atoms with Crippen molar-refractivity contribution in [3.8, 4) is 0 Å². The summed E-state index contributed by atoms with van der Waals surface area (Å²) in [6, 6.07) is 2.59. The second-order valence-corrected chi connectivity index (χ2v) is 4.89. The molecule has 0 aromatic carbocycles. The van der Waals surface area contributed by atoms with E-state index in [-0.39, 0.29) is 5.91 Å². The fourth-order valence-corrected chi connectivity index (χ4v) is 2.22. The summed E-state index contributed by atoms with van der Waals surface area (Å²) in [5.41, 5.74) is 0.608. The van der Waals surface area contributed by atoms with Gasteiger partial charge in [0, 0.05) is 25.2 Å². The van der Waals surface area contributed by atoms with Crippen LogP contribution in [0.1, 0.15) is 37.0 Å². The van der Waals surface area contributed by atoms with Crippen LogP contribution in [0.2, 0.25) is 0 Å². The van der Waals surface area contributed by atoms with Crippen molar-refractivity contribution >= 4 is 5.91 Å². The first-order valence-electron chi connectivity index (χ1n) is 6.24. The average Bonchev–Trinajstić information content (AvgIpc) is 2.83. The molecule has 0 saturated carbocycles. The molecule has 1 aliphatic rings. The number of carbonyl (C=O) groups excluding carboxylic acids is 1. The van der Waals surface area contributed by atoms with Crippen LogP contribution in [0.4, 0.5) is 0 Å². The van der Waals surface area contributed by atoms with Crippen molar-refractivity contribution in [1.82, 2.24) is 10.2 Å². The summed E-state index contributed by atoms with van der Waals surface area (Å²) in [7, 11) is 0. The summed E-state index contributed by atoms with van der Waals surface area (Å²) in [5.74, 6) is -0.0262. The van der Waals surface area contributed by atoms with E-state index in [1.165, 1.54) is 12.5 Å². The fourth-order valence-electron chi connectivity index (χ4n) is 2.22. The Bertz CT molecular complexity index is 352. The lowest BCUT2D eigenvalue weighted by Gasteiger charge is -2.34. The van der Waals surface area contributed by atoms with Gasteiger partial charge in [-0.25, -0.2) is 0 Å². The van der Waals surface area contributed by atoms with E-state index in [1.807, 2.05) is 0 Å². The van der Waals surface area contributed by atoms with Gasteiger partial charge in [0.2, 0.25) is 0 Å². The molecule has 0 radical (unpaired) electrons. The van der Waals surface area contributed by atoms with Gasteiger partial charge in [-0.05, 0) is 32.8 Å². The Labute approximate surface area is 102 Å². The number of nitrogens with zero attached hydrogens (tertiary/aromatic N) is 1. The van der Waals surface area contributed by atoms with E-state index >= 15 is 0 Å². The van der Waals surface area contributed by atoms with Crippen molar-refractivity contribution in [3.63, 3.8) is 0 Å². The number of hydrogen-bond acceptors (Lipinski definition) is 3. The van der Waals surface area contributed by atoms with Crippen LogP contribution in [-0.4, -0.2) is 36.0 Å². The predicted molar refractivity (Wildman–Crippen MR) is 65.9 cm³/mol. The quantitative estimate of drug-likeness (QED) is 0.871. The Kier molecular flexibility index (Phi) is 3.84. The molecule has 2 rings (SSSR count). The largest absolute Gasteiger partial charge is 0.472 e. The van der Waals surface area contributed by atoms with Gasteiger partial charge in [0.25, 0.3) is 5.91 Å². The minimum atomic E-state index is -0.0262. The van der Waals surface area contributed by atoms with Crippen LogP contribution < -0.4 is 5.32 Å². The molecule has 1 aliphatic heterocycles. The summed E-state index contributed by atoms with van der Waals surface area (Å²) in [5, 5.41) is 3.06. The Morgan fingerprint density at radius 3 is 2.71 bits per heavy atom. The molecule has 0 unspecified atom stereocenters. The van der Waals surface area contributed by atoms with Crippen LogP contribution in [0, 0.1) is 0 Å². The monoisotopic (exact) mass is 236 g/mol. The molecule has 4 heteroatoms. The maximum Gasteiger partial charge on any atom is 0.254 e. The first-order valence-corrected chi connectivity index (χ1v) is 6.24. The third kappa shape index (κ3) is 3.09. The first-order chi connectivity index (χ1) is 8.16. The molecule has 1 fully saturated rings. The van der Waals surface area contributed by atoms with Gasteiger partial charge in [-0.15, -0.1) is 0 Å². The topological polar surface area (TPSA) is 45.5 Å². The Balaban J connectivity index is 1.80. The minimum absolute atomic E-state index is 0.0262. The highest BCUT2D eigenvalue weighted by molar-refractivity contribution is 5.93.